The molecule has 6 heteroatoms. The van der Waals surface area contributed by atoms with Gasteiger partial charge in [-0.1, -0.05) is 0 Å². The normalized spacial score (nSPS) is 16.4. The molecule has 2 N–H and O–H groups in total. The monoisotopic (exact) mass is 195 g/mol. The van der Waals surface area contributed by atoms with Crippen molar-refractivity contribution < 1.29 is 4.79 Å². The van der Waals surface area contributed by atoms with E-state index in [4.69, 9.17) is 0 Å². The van der Waals surface area contributed by atoms with Crippen molar-refractivity contribution in [3.63, 3.8) is 0 Å². The maximum Gasteiger partial charge on any atom is 0.228 e. The minimum Gasteiger partial charge on any atom is -0.338 e. The van der Waals surface area contributed by atoms with Crippen molar-refractivity contribution in [2.45, 2.75) is 6.54 Å². The summed E-state index contributed by atoms with van der Waals surface area (Å²) in [6.45, 7) is 2.08. The Morgan fingerprint density at radius 1 is 1.71 bits per heavy atom. The van der Waals surface area contributed by atoms with Crippen molar-refractivity contribution in [1.82, 2.24) is 25.4 Å². The summed E-state index contributed by atoms with van der Waals surface area (Å²) in [5.74, 6) is 1.02. The summed E-state index contributed by atoms with van der Waals surface area (Å²) in [6, 6.07) is 0. The van der Waals surface area contributed by atoms with Crippen LogP contribution < -0.4 is 5.32 Å². The third-order valence-electron chi connectivity index (χ3n) is 2.36. The third-order valence-corrected chi connectivity index (χ3v) is 2.36. The Morgan fingerprint density at radius 3 is 3.00 bits per heavy atom. The SMILES string of the molecule is CN(Cc1ncn[nH]1)C(=O)C1CNC1. The molecule has 0 bridgehead atoms. The van der Waals surface area contributed by atoms with Crippen LogP contribution in [0.4, 0.5) is 0 Å². The van der Waals surface area contributed by atoms with Crippen molar-refractivity contribution in [3.8, 4) is 0 Å². The quantitative estimate of drug-likeness (QED) is 0.647. The van der Waals surface area contributed by atoms with E-state index < -0.39 is 0 Å². The van der Waals surface area contributed by atoms with Gasteiger partial charge in [-0.2, -0.15) is 5.10 Å². The number of hydrogen-bond donors (Lipinski definition) is 2. The van der Waals surface area contributed by atoms with Gasteiger partial charge in [0.15, 0.2) is 0 Å². The number of hydrogen-bond acceptors (Lipinski definition) is 4. The summed E-state index contributed by atoms with van der Waals surface area (Å²) < 4.78 is 0. The van der Waals surface area contributed by atoms with Crippen molar-refractivity contribution in [2.24, 2.45) is 5.92 Å². The Bertz CT molecular complexity index is 306. The largest absolute Gasteiger partial charge is 0.338 e. The zero-order chi connectivity index (χ0) is 9.97. The first-order chi connectivity index (χ1) is 6.77. The number of nitrogens with zero attached hydrogens (tertiary/aromatic N) is 3. The first-order valence-electron chi connectivity index (χ1n) is 4.57. The standard InChI is InChI=1S/C8H13N5O/c1-13(4-7-10-5-11-12-7)8(14)6-2-9-3-6/h5-6,9H,2-4H2,1H3,(H,10,11,12). The molecule has 0 atom stereocenters. The van der Waals surface area contributed by atoms with E-state index in [2.05, 4.69) is 20.5 Å². The highest BCUT2D eigenvalue weighted by atomic mass is 16.2. The molecule has 0 aliphatic carbocycles. The van der Waals surface area contributed by atoms with Gasteiger partial charge in [0.1, 0.15) is 12.2 Å². The Hall–Kier alpha value is -1.43. The number of aromatic amines is 1. The fraction of sp³-hybridized carbons (Fsp3) is 0.625. The number of amides is 1. The van der Waals surface area contributed by atoms with Crippen molar-refractivity contribution in [1.29, 1.82) is 0 Å². The Balaban J connectivity index is 1.88. The van der Waals surface area contributed by atoms with Gasteiger partial charge in [0.25, 0.3) is 0 Å². The fourth-order valence-corrected chi connectivity index (χ4v) is 1.38. The molecule has 1 aromatic heterocycles. The molecule has 0 radical (unpaired) electrons. The summed E-state index contributed by atoms with van der Waals surface area (Å²) >= 11 is 0. The molecule has 1 aromatic rings. The third kappa shape index (κ3) is 1.74. The topological polar surface area (TPSA) is 73.9 Å². The van der Waals surface area contributed by atoms with Crippen molar-refractivity contribution >= 4 is 5.91 Å². The highest BCUT2D eigenvalue weighted by Gasteiger charge is 2.27. The first kappa shape index (κ1) is 9.14. The van der Waals surface area contributed by atoms with Crippen LogP contribution in [0.5, 0.6) is 0 Å². The lowest BCUT2D eigenvalue weighted by Gasteiger charge is -2.29. The molecule has 76 valence electrons. The number of aromatic nitrogens is 3. The van der Waals surface area contributed by atoms with E-state index in [1.54, 1.807) is 11.9 Å². The van der Waals surface area contributed by atoms with E-state index in [9.17, 15) is 4.79 Å². The van der Waals surface area contributed by atoms with E-state index >= 15 is 0 Å². The van der Waals surface area contributed by atoms with E-state index in [0.717, 1.165) is 13.1 Å². The van der Waals surface area contributed by atoms with Crippen LogP contribution in [0.15, 0.2) is 6.33 Å². The molecule has 1 aliphatic heterocycles. The predicted octanol–water partition coefficient (Wildman–Crippen LogP) is -1.02. The molecule has 1 aliphatic rings. The van der Waals surface area contributed by atoms with E-state index in [1.807, 2.05) is 0 Å². The average molecular weight is 195 g/mol. The second-order valence-corrected chi connectivity index (χ2v) is 3.48. The predicted molar refractivity (Wildman–Crippen MR) is 49.2 cm³/mol. The van der Waals surface area contributed by atoms with Crippen LogP contribution >= 0.6 is 0 Å². The molecule has 6 nitrogen and oxygen atoms in total. The minimum atomic E-state index is 0.142. The van der Waals surface area contributed by atoms with Gasteiger partial charge < -0.3 is 10.2 Å². The number of H-pyrrole nitrogens is 1. The molecule has 0 unspecified atom stereocenters. The zero-order valence-electron chi connectivity index (χ0n) is 8.03. The van der Waals surface area contributed by atoms with E-state index in [-0.39, 0.29) is 11.8 Å². The molecule has 0 saturated carbocycles. The molecule has 2 heterocycles. The highest BCUT2D eigenvalue weighted by molar-refractivity contribution is 5.79. The van der Waals surface area contributed by atoms with E-state index in [0.29, 0.717) is 12.4 Å². The molecule has 0 spiro atoms. The van der Waals surface area contributed by atoms with Crippen molar-refractivity contribution in [3.05, 3.63) is 12.2 Å². The van der Waals surface area contributed by atoms with Gasteiger partial charge in [-0.15, -0.1) is 0 Å². The van der Waals surface area contributed by atoms with Gasteiger partial charge in [0.05, 0.1) is 12.5 Å². The first-order valence-corrected chi connectivity index (χ1v) is 4.57. The van der Waals surface area contributed by atoms with Crippen LogP contribution in [0, 0.1) is 5.92 Å². The lowest BCUT2D eigenvalue weighted by atomic mass is 10.0. The molecule has 1 amide bonds. The van der Waals surface area contributed by atoms with Gasteiger partial charge in [0, 0.05) is 20.1 Å². The molecule has 2 rings (SSSR count). The van der Waals surface area contributed by atoms with Crippen LogP contribution in [0.3, 0.4) is 0 Å². The summed E-state index contributed by atoms with van der Waals surface area (Å²) in [6.07, 6.45) is 1.44. The van der Waals surface area contributed by atoms with Crippen molar-refractivity contribution in [2.75, 3.05) is 20.1 Å². The number of rotatable bonds is 3. The lowest BCUT2D eigenvalue weighted by molar-refractivity contribution is -0.136. The molecule has 0 aromatic carbocycles. The van der Waals surface area contributed by atoms with Crippen LogP contribution in [-0.4, -0.2) is 46.1 Å². The Morgan fingerprint density at radius 2 is 2.50 bits per heavy atom. The van der Waals surface area contributed by atoms with E-state index in [1.165, 1.54) is 6.33 Å². The average Bonchev–Trinajstić information content (AvgIpc) is 2.53. The van der Waals surface area contributed by atoms with Crippen LogP contribution in [0.1, 0.15) is 5.82 Å². The van der Waals surface area contributed by atoms with Gasteiger partial charge in [-0.25, -0.2) is 4.98 Å². The van der Waals surface area contributed by atoms with Crippen LogP contribution in [0.25, 0.3) is 0 Å². The molecule has 1 fully saturated rings. The zero-order valence-corrected chi connectivity index (χ0v) is 8.03. The van der Waals surface area contributed by atoms with Gasteiger partial charge in [-0.05, 0) is 0 Å². The second-order valence-electron chi connectivity index (χ2n) is 3.48. The second kappa shape index (κ2) is 3.75. The highest BCUT2D eigenvalue weighted by Crippen LogP contribution is 2.08. The molecular weight excluding hydrogens is 182 g/mol. The van der Waals surface area contributed by atoms with Gasteiger partial charge >= 0.3 is 0 Å². The maximum atomic E-state index is 11.7. The van der Waals surface area contributed by atoms with Gasteiger partial charge in [-0.3, -0.25) is 9.89 Å². The maximum absolute atomic E-state index is 11.7. The van der Waals surface area contributed by atoms with Crippen LogP contribution in [0.2, 0.25) is 0 Å². The summed E-state index contributed by atoms with van der Waals surface area (Å²) in [5.41, 5.74) is 0. The summed E-state index contributed by atoms with van der Waals surface area (Å²) in [4.78, 5) is 17.3. The molecule has 14 heavy (non-hydrogen) atoms. The summed E-state index contributed by atoms with van der Waals surface area (Å²) in [5, 5.41) is 9.53. The number of carbonyl (C=O) groups is 1. The van der Waals surface area contributed by atoms with Gasteiger partial charge in [0.2, 0.25) is 5.91 Å². The number of nitrogens with one attached hydrogen (secondary N) is 2. The Labute approximate surface area is 81.7 Å². The number of carbonyl (C=O) groups excluding carboxylic acids is 1. The minimum absolute atomic E-state index is 0.142. The molecule has 1 saturated heterocycles. The lowest BCUT2D eigenvalue weighted by Crippen LogP contribution is -2.51. The fourth-order valence-electron chi connectivity index (χ4n) is 1.38. The molecular formula is C8H13N5O. The summed E-state index contributed by atoms with van der Waals surface area (Å²) in [7, 11) is 1.78. The van der Waals surface area contributed by atoms with Crippen LogP contribution in [-0.2, 0) is 11.3 Å². The Kier molecular flexibility index (Phi) is 2.45. The smallest absolute Gasteiger partial charge is 0.228 e.